The quantitative estimate of drug-likeness (QED) is 0.478. The van der Waals surface area contributed by atoms with Crippen molar-refractivity contribution in [3.05, 3.63) is 66.0 Å². The molecule has 4 rings (SSSR count). The molecule has 0 unspecified atom stereocenters. The van der Waals surface area contributed by atoms with Crippen LogP contribution >= 0.6 is 11.8 Å². The highest BCUT2D eigenvalue weighted by Gasteiger charge is 2.12. The van der Waals surface area contributed by atoms with Crippen molar-refractivity contribution in [1.82, 2.24) is 35.2 Å². The van der Waals surface area contributed by atoms with E-state index in [1.165, 1.54) is 11.8 Å². The molecule has 0 fully saturated rings. The fraction of sp³-hybridized carbons (Fsp3) is 0.111. The van der Waals surface area contributed by atoms with Gasteiger partial charge in [0.25, 0.3) is 0 Å². The third-order valence-corrected chi connectivity index (χ3v) is 4.66. The zero-order chi connectivity index (χ0) is 19.3. The zero-order valence-electron chi connectivity index (χ0n) is 15.0. The van der Waals surface area contributed by atoms with Gasteiger partial charge in [-0.15, -0.1) is 5.10 Å². The topological polar surface area (TPSA) is 120 Å². The van der Waals surface area contributed by atoms with E-state index in [0.717, 1.165) is 16.9 Å². The summed E-state index contributed by atoms with van der Waals surface area (Å²) >= 11 is 1.42. The van der Waals surface area contributed by atoms with Gasteiger partial charge in [0.05, 0.1) is 11.4 Å². The van der Waals surface area contributed by atoms with Gasteiger partial charge in [-0.1, -0.05) is 42.1 Å². The van der Waals surface area contributed by atoms with Crippen molar-refractivity contribution in [3.63, 3.8) is 0 Å². The maximum Gasteiger partial charge on any atom is 0.232 e. The number of hydrogen-bond donors (Lipinski definition) is 2. The molecule has 2 heterocycles. The molecule has 0 amide bonds. The van der Waals surface area contributed by atoms with Crippen LogP contribution in [0.2, 0.25) is 0 Å². The highest BCUT2D eigenvalue weighted by molar-refractivity contribution is 7.98. The molecule has 4 aromatic rings. The molecule has 140 valence electrons. The number of rotatable bonds is 6. The molecular formula is C18H17N9S. The van der Waals surface area contributed by atoms with Crippen molar-refractivity contribution < 1.29 is 0 Å². The SMILES string of the molecule is Cc1cccc(-n2nnnc2SCc2nc(N)nc(Nc3ccccc3)n2)c1. The normalized spacial score (nSPS) is 10.8. The predicted molar refractivity (Wildman–Crippen MR) is 107 cm³/mol. The molecular weight excluding hydrogens is 374 g/mol. The summed E-state index contributed by atoms with van der Waals surface area (Å²) < 4.78 is 1.69. The summed E-state index contributed by atoms with van der Waals surface area (Å²) in [4.78, 5) is 12.8. The van der Waals surface area contributed by atoms with Crippen LogP contribution in [0.3, 0.4) is 0 Å². The molecule has 0 bridgehead atoms. The van der Waals surface area contributed by atoms with E-state index in [-0.39, 0.29) is 5.95 Å². The van der Waals surface area contributed by atoms with Gasteiger partial charge < -0.3 is 11.1 Å². The lowest BCUT2D eigenvalue weighted by Crippen LogP contribution is -2.07. The van der Waals surface area contributed by atoms with Crippen molar-refractivity contribution in [2.75, 3.05) is 11.1 Å². The fourth-order valence-electron chi connectivity index (χ4n) is 2.53. The molecule has 0 aliphatic heterocycles. The summed E-state index contributed by atoms with van der Waals surface area (Å²) in [5.41, 5.74) is 8.74. The molecule has 2 aromatic heterocycles. The van der Waals surface area contributed by atoms with Crippen LogP contribution < -0.4 is 11.1 Å². The first-order chi connectivity index (χ1) is 13.7. The third-order valence-electron chi connectivity index (χ3n) is 3.75. The van der Waals surface area contributed by atoms with Crippen molar-refractivity contribution in [1.29, 1.82) is 0 Å². The summed E-state index contributed by atoms with van der Waals surface area (Å²) in [5, 5.41) is 15.7. The molecule has 0 radical (unpaired) electrons. The van der Waals surface area contributed by atoms with Crippen molar-refractivity contribution in [3.8, 4) is 5.69 Å². The van der Waals surface area contributed by atoms with Crippen LogP contribution in [0.5, 0.6) is 0 Å². The summed E-state index contributed by atoms with van der Waals surface area (Å²) in [6.45, 7) is 2.02. The summed E-state index contributed by atoms with van der Waals surface area (Å²) in [5.74, 6) is 1.53. The first kappa shape index (κ1) is 17.9. The Morgan fingerprint density at radius 1 is 1.04 bits per heavy atom. The van der Waals surface area contributed by atoms with Crippen LogP contribution in [0.1, 0.15) is 11.4 Å². The second-order valence-corrected chi connectivity index (χ2v) is 6.87. The molecule has 0 atom stereocenters. The van der Waals surface area contributed by atoms with Gasteiger partial charge in [-0.2, -0.15) is 19.6 Å². The van der Waals surface area contributed by atoms with E-state index >= 15 is 0 Å². The Labute approximate surface area is 165 Å². The average molecular weight is 391 g/mol. The van der Waals surface area contributed by atoms with Gasteiger partial charge in [0.2, 0.25) is 17.1 Å². The largest absolute Gasteiger partial charge is 0.368 e. The molecule has 10 heteroatoms. The Bertz CT molecular complexity index is 1080. The first-order valence-corrected chi connectivity index (χ1v) is 9.47. The van der Waals surface area contributed by atoms with Crippen LogP contribution in [0.4, 0.5) is 17.6 Å². The van der Waals surface area contributed by atoms with Gasteiger partial charge >= 0.3 is 0 Å². The maximum atomic E-state index is 5.84. The number of nitrogen functional groups attached to an aromatic ring is 1. The minimum atomic E-state index is 0.155. The van der Waals surface area contributed by atoms with Crippen LogP contribution in [-0.2, 0) is 5.75 Å². The lowest BCUT2D eigenvalue weighted by Gasteiger charge is -2.07. The van der Waals surface area contributed by atoms with Gasteiger partial charge in [0.1, 0.15) is 5.82 Å². The Hall–Kier alpha value is -3.53. The highest BCUT2D eigenvalue weighted by atomic mass is 32.2. The number of nitrogens with zero attached hydrogens (tertiary/aromatic N) is 7. The smallest absolute Gasteiger partial charge is 0.232 e. The lowest BCUT2D eigenvalue weighted by molar-refractivity contribution is 0.755. The van der Waals surface area contributed by atoms with E-state index in [4.69, 9.17) is 5.73 Å². The van der Waals surface area contributed by atoms with Gasteiger partial charge in [0.15, 0.2) is 0 Å². The van der Waals surface area contributed by atoms with E-state index in [0.29, 0.717) is 22.7 Å². The number of aryl methyl sites for hydroxylation is 1. The van der Waals surface area contributed by atoms with Gasteiger partial charge in [-0.25, -0.2) is 0 Å². The van der Waals surface area contributed by atoms with E-state index in [1.54, 1.807) is 4.68 Å². The van der Waals surface area contributed by atoms with Crippen LogP contribution in [0.15, 0.2) is 59.8 Å². The standard InChI is InChI=1S/C18H17N9S/c1-12-6-5-9-14(10-12)27-18(24-25-26-27)28-11-15-21-16(19)23-17(22-15)20-13-7-3-2-4-8-13/h2-10H,11H2,1H3,(H3,19,20,21,22,23). The molecule has 28 heavy (non-hydrogen) atoms. The third kappa shape index (κ3) is 4.23. The van der Waals surface area contributed by atoms with E-state index < -0.39 is 0 Å². The van der Waals surface area contributed by atoms with Gasteiger partial charge in [0, 0.05) is 5.69 Å². The van der Waals surface area contributed by atoms with Crippen molar-refractivity contribution >= 4 is 29.3 Å². The molecule has 0 saturated carbocycles. The average Bonchev–Trinajstić information content (AvgIpc) is 3.15. The molecule has 3 N–H and O–H groups in total. The summed E-state index contributed by atoms with van der Waals surface area (Å²) in [6.07, 6.45) is 0. The zero-order valence-corrected chi connectivity index (χ0v) is 15.8. The highest BCUT2D eigenvalue weighted by Crippen LogP contribution is 2.22. The Morgan fingerprint density at radius 3 is 2.71 bits per heavy atom. The number of anilines is 3. The number of nitrogens with one attached hydrogen (secondary N) is 1. The monoisotopic (exact) mass is 391 g/mol. The minimum absolute atomic E-state index is 0.155. The van der Waals surface area contributed by atoms with E-state index in [9.17, 15) is 0 Å². The van der Waals surface area contributed by atoms with Crippen molar-refractivity contribution in [2.45, 2.75) is 17.8 Å². The fourth-order valence-corrected chi connectivity index (χ4v) is 3.27. The summed E-state index contributed by atoms with van der Waals surface area (Å²) in [6, 6.07) is 17.6. The number of para-hydroxylation sites is 1. The van der Waals surface area contributed by atoms with Gasteiger partial charge in [-0.3, -0.25) is 0 Å². The summed E-state index contributed by atoms with van der Waals surface area (Å²) in [7, 11) is 0. The van der Waals surface area contributed by atoms with Crippen LogP contribution in [0, 0.1) is 6.92 Å². The lowest BCUT2D eigenvalue weighted by atomic mass is 10.2. The molecule has 0 saturated heterocycles. The Balaban J connectivity index is 1.51. The molecule has 0 aliphatic carbocycles. The second-order valence-electron chi connectivity index (χ2n) is 5.93. The number of benzene rings is 2. The van der Waals surface area contributed by atoms with E-state index in [2.05, 4.69) is 35.8 Å². The number of thioether (sulfide) groups is 1. The Kier molecular flexibility index (Phi) is 5.11. The number of nitrogens with two attached hydrogens (primary N) is 1. The first-order valence-electron chi connectivity index (χ1n) is 8.48. The predicted octanol–water partition coefficient (Wildman–Crippen LogP) is 2.77. The number of hydrogen-bond acceptors (Lipinski definition) is 9. The molecule has 0 aliphatic rings. The van der Waals surface area contributed by atoms with Crippen LogP contribution in [0.25, 0.3) is 5.69 Å². The van der Waals surface area contributed by atoms with Crippen LogP contribution in [-0.4, -0.2) is 35.2 Å². The van der Waals surface area contributed by atoms with Crippen molar-refractivity contribution in [2.24, 2.45) is 0 Å². The molecule has 9 nitrogen and oxygen atoms in total. The maximum absolute atomic E-state index is 5.84. The molecule has 0 spiro atoms. The number of aromatic nitrogens is 7. The molecule has 2 aromatic carbocycles. The van der Waals surface area contributed by atoms with Gasteiger partial charge in [-0.05, 0) is 47.2 Å². The Morgan fingerprint density at radius 2 is 1.89 bits per heavy atom. The van der Waals surface area contributed by atoms with E-state index in [1.807, 2.05) is 61.5 Å². The number of tetrazole rings is 1. The second kappa shape index (κ2) is 8.01. The minimum Gasteiger partial charge on any atom is -0.368 e.